The van der Waals surface area contributed by atoms with Gasteiger partial charge in [0.1, 0.15) is 0 Å². The molecule has 0 spiro atoms. The molecule has 0 aromatic heterocycles. The van der Waals surface area contributed by atoms with Crippen LogP contribution >= 0.6 is 11.8 Å². The lowest BCUT2D eigenvalue weighted by Crippen LogP contribution is -2.23. The van der Waals surface area contributed by atoms with E-state index in [1.807, 2.05) is 11.8 Å². The number of fused-ring (bicyclic) bond motifs is 1. The molecule has 0 amide bonds. The van der Waals surface area contributed by atoms with E-state index < -0.39 is 0 Å². The first-order chi connectivity index (χ1) is 7.24. The zero-order valence-corrected chi connectivity index (χ0v) is 10.2. The van der Waals surface area contributed by atoms with E-state index in [1.54, 1.807) is 0 Å². The summed E-state index contributed by atoms with van der Waals surface area (Å²) >= 11 is 2.01. The van der Waals surface area contributed by atoms with Crippen LogP contribution in [0.25, 0.3) is 0 Å². The molecular formula is C13H17NS. The minimum atomic E-state index is 0.608. The van der Waals surface area contributed by atoms with Gasteiger partial charge in [0.05, 0.1) is 0 Å². The first-order valence-corrected chi connectivity index (χ1v) is 6.72. The fourth-order valence-electron chi connectivity index (χ4n) is 2.14. The van der Waals surface area contributed by atoms with Crippen molar-refractivity contribution in [1.82, 2.24) is 5.32 Å². The largest absolute Gasteiger partial charge is 0.306 e. The van der Waals surface area contributed by atoms with Gasteiger partial charge in [-0.05, 0) is 49.4 Å². The van der Waals surface area contributed by atoms with Crippen LogP contribution in [0.15, 0.2) is 17.0 Å². The molecule has 15 heavy (non-hydrogen) atoms. The van der Waals surface area contributed by atoms with E-state index in [0.717, 1.165) is 6.04 Å². The second kappa shape index (κ2) is 3.53. The molecule has 80 valence electrons. The van der Waals surface area contributed by atoms with E-state index in [4.69, 9.17) is 0 Å². The maximum atomic E-state index is 3.73. The second-order valence-corrected chi connectivity index (χ2v) is 5.84. The summed E-state index contributed by atoms with van der Waals surface area (Å²) in [7, 11) is 0. The average Bonchev–Trinajstić information content (AvgIpc) is 2.94. The van der Waals surface area contributed by atoms with Crippen LogP contribution in [0, 0.1) is 13.8 Å². The Balaban J connectivity index is 1.90. The third-order valence-corrected chi connectivity index (χ3v) is 4.59. The Kier molecular flexibility index (Phi) is 2.29. The summed E-state index contributed by atoms with van der Waals surface area (Å²) in [4.78, 5) is 1.50. The van der Waals surface area contributed by atoms with E-state index >= 15 is 0 Å². The summed E-state index contributed by atoms with van der Waals surface area (Å²) in [5.74, 6) is 1.22. The summed E-state index contributed by atoms with van der Waals surface area (Å²) in [5, 5.41) is 3.73. The minimum Gasteiger partial charge on any atom is -0.306 e. The first-order valence-electron chi connectivity index (χ1n) is 5.74. The number of aryl methyl sites for hydroxylation is 2. The van der Waals surface area contributed by atoms with Crippen molar-refractivity contribution in [3.63, 3.8) is 0 Å². The number of nitrogens with one attached hydrogen (secondary N) is 1. The molecule has 1 atom stereocenters. The third-order valence-electron chi connectivity index (χ3n) is 3.42. The van der Waals surface area contributed by atoms with Gasteiger partial charge in [0, 0.05) is 22.7 Å². The molecule has 1 heterocycles. The van der Waals surface area contributed by atoms with Gasteiger partial charge >= 0.3 is 0 Å². The van der Waals surface area contributed by atoms with Crippen molar-refractivity contribution in [2.75, 3.05) is 5.75 Å². The molecule has 1 unspecified atom stereocenters. The molecule has 1 aromatic rings. The van der Waals surface area contributed by atoms with Gasteiger partial charge in [0.15, 0.2) is 0 Å². The third kappa shape index (κ3) is 1.81. The van der Waals surface area contributed by atoms with Crippen molar-refractivity contribution in [2.24, 2.45) is 0 Å². The standard InChI is InChI=1S/C13H17NS/c1-8-5-11-12(14-10-3-4-10)7-15-13(11)6-9(8)2/h5-6,10,12,14H,3-4,7H2,1-2H3. The summed E-state index contributed by atoms with van der Waals surface area (Å²) in [6.07, 6.45) is 2.75. The topological polar surface area (TPSA) is 12.0 Å². The SMILES string of the molecule is Cc1cc2c(cc1C)C(NC1CC1)CS2. The van der Waals surface area contributed by atoms with Crippen molar-refractivity contribution in [3.05, 3.63) is 28.8 Å². The lowest BCUT2D eigenvalue weighted by molar-refractivity contribution is 0.579. The van der Waals surface area contributed by atoms with E-state index in [1.165, 1.54) is 40.2 Å². The fourth-order valence-corrected chi connectivity index (χ4v) is 3.39. The van der Waals surface area contributed by atoms with Crippen LogP contribution in [0.5, 0.6) is 0 Å². The molecule has 1 aliphatic carbocycles. The Hall–Kier alpha value is -0.470. The number of thioether (sulfide) groups is 1. The number of benzene rings is 1. The molecule has 2 aliphatic rings. The van der Waals surface area contributed by atoms with Crippen LogP contribution in [0.1, 0.15) is 35.6 Å². The van der Waals surface area contributed by atoms with Gasteiger partial charge in [0.2, 0.25) is 0 Å². The highest BCUT2D eigenvalue weighted by molar-refractivity contribution is 7.99. The maximum Gasteiger partial charge on any atom is 0.0428 e. The smallest absolute Gasteiger partial charge is 0.0428 e. The Morgan fingerprint density at radius 2 is 1.93 bits per heavy atom. The molecule has 1 saturated carbocycles. The molecule has 1 aliphatic heterocycles. The van der Waals surface area contributed by atoms with Crippen LogP contribution in [0.4, 0.5) is 0 Å². The maximum absolute atomic E-state index is 3.73. The normalized spacial score (nSPS) is 24.3. The van der Waals surface area contributed by atoms with E-state index in [9.17, 15) is 0 Å². The first kappa shape index (κ1) is 9.73. The minimum absolute atomic E-state index is 0.608. The van der Waals surface area contributed by atoms with Gasteiger partial charge < -0.3 is 5.32 Å². The second-order valence-electron chi connectivity index (χ2n) is 4.78. The Morgan fingerprint density at radius 3 is 2.67 bits per heavy atom. The van der Waals surface area contributed by atoms with E-state index in [-0.39, 0.29) is 0 Å². The molecule has 0 radical (unpaired) electrons. The van der Waals surface area contributed by atoms with Crippen molar-refractivity contribution in [1.29, 1.82) is 0 Å². The Bertz CT molecular complexity index is 396. The molecule has 3 rings (SSSR count). The number of hydrogen-bond acceptors (Lipinski definition) is 2. The Morgan fingerprint density at radius 1 is 1.20 bits per heavy atom. The quantitative estimate of drug-likeness (QED) is 0.819. The monoisotopic (exact) mass is 219 g/mol. The van der Waals surface area contributed by atoms with Gasteiger partial charge in [0.25, 0.3) is 0 Å². The van der Waals surface area contributed by atoms with Crippen molar-refractivity contribution >= 4 is 11.8 Å². The Labute approximate surface area is 95.6 Å². The highest BCUT2D eigenvalue weighted by Crippen LogP contribution is 2.40. The van der Waals surface area contributed by atoms with Gasteiger partial charge in [-0.3, -0.25) is 0 Å². The zero-order chi connectivity index (χ0) is 10.4. The predicted octanol–water partition coefficient (Wildman–Crippen LogP) is 3.20. The summed E-state index contributed by atoms with van der Waals surface area (Å²) in [5.41, 5.74) is 4.39. The fraction of sp³-hybridized carbons (Fsp3) is 0.538. The van der Waals surface area contributed by atoms with Crippen molar-refractivity contribution < 1.29 is 0 Å². The van der Waals surface area contributed by atoms with Gasteiger partial charge in [-0.1, -0.05) is 6.07 Å². The van der Waals surface area contributed by atoms with Crippen LogP contribution in [-0.4, -0.2) is 11.8 Å². The van der Waals surface area contributed by atoms with Crippen LogP contribution < -0.4 is 5.32 Å². The predicted molar refractivity (Wildman–Crippen MR) is 65.5 cm³/mol. The summed E-state index contributed by atoms with van der Waals surface area (Å²) < 4.78 is 0. The van der Waals surface area contributed by atoms with Crippen molar-refractivity contribution in [2.45, 2.75) is 43.7 Å². The summed E-state index contributed by atoms with van der Waals surface area (Å²) in [6.45, 7) is 4.42. The zero-order valence-electron chi connectivity index (χ0n) is 9.34. The van der Waals surface area contributed by atoms with Crippen LogP contribution in [0.3, 0.4) is 0 Å². The summed E-state index contributed by atoms with van der Waals surface area (Å²) in [6, 6.07) is 6.15. The number of hydrogen-bond donors (Lipinski definition) is 1. The molecule has 1 N–H and O–H groups in total. The van der Waals surface area contributed by atoms with Gasteiger partial charge in [-0.15, -0.1) is 11.8 Å². The molecule has 2 heteroatoms. The highest BCUT2D eigenvalue weighted by Gasteiger charge is 2.30. The number of rotatable bonds is 2. The van der Waals surface area contributed by atoms with Crippen LogP contribution in [-0.2, 0) is 0 Å². The van der Waals surface area contributed by atoms with Gasteiger partial charge in [-0.2, -0.15) is 0 Å². The molecule has 1 aromatic carbocycles. The molecule has 0 bridgehead atoms. The average molecular weight is 219 g/mol. The lowest BCUT2D eigenvalue weighted by atomic mass is 10.0. The molecule has 1 fully saturated rings. The molecule has 1 nitrogen and oxygen atoms in total. The van der Waals surface area contributed by atoms with E-state index in [2.05, 4.69) is 31.3 Å². The van der Waals surface area contributed by atoms with E-state index in [0.29, 0.717) is 6.04 Å². The lowest BCUT2D eigenvalue weighted by Gasteiger charge is -2.13. The molecular weight excluding hydrogens is 202 g/mol. The molecule has 0 saturated heterocycles. The van der Waals surface area contributed by atoms with Gasteiger partial charge in [-0.25, -0.2) is 0 Å². The van der Waals surface area contributed by atoms with Crippen LogP contribution in [0.2, 0.25) is 0 Å². The highest BCUT2D eigenvalue weighted by atomic mass is 32.2. The van der Waals surface area contributed by atoms with Crippen molar-refractivity contribution in [3.8, 4) is 0 Å².